The summed E-state index contributed by atoms with van der Waals surface area (Å²) in [5, 5.41) is 28.5. The van der Waals surface area contributed by atoms with Crippen molar-refractivity contribution in [1.82, 2.24) is 0 Å². The van der Waals surface area contributed by atoms with E-state index in [9.17, 15) is 10.2 Å². The van der Waals surface area contributed by atoms with Gasteiger partial charge < -0.3 is 15.3 Å². The molecule has 14 heavy (non-hydrogen) atoms. The first-order valence-corrected chi connectivity index (χ1v) is 4.18. The fraction of sp³-hybridized carbons (Fsp3) is 0.400. The number of phenols is 2. The minimum Gasteiger partial charge on any atom is -0.508 e. The maximum atomic E-state index is 9.96. The smallest absolute Gasteiger partial charge is 0.125 e. The second-order valence-electron chi connectivity index (χ2n) is 3.43. The summed E-state index contributed by atoms with van der Waals surface area (Å²) in [6, 6.07) is 4.12. The van der Waals surface area contributed by atoms with Crippen LogP contribution >= 0.6 is 0 Å². The normalized spacial score (nSPS) is 31.2. The Morgan fingerprint density at radius 1 is 1.29 bits per heavy atom. The van der Waals surface area contributed by atoms with E-state index in [1.165, 1.54) is 18.2 Å². The summed E-state index contributed by atoms with van der Waals surface area (Å²) in [5.74, 6) is -0.143. The molecule has 4 heteroatoms. The van der Waals surface area contributed by atoms with Crippen LogP contribution in [0.4, 0.5) is 0 Å². The minimum absolute atomic E-state index is 0. The summed E-state index contributed by atoms with van der Waals surface area (Å²) >= 11 is 0. The van der Waals surface area contributed by atoms with Gasteiger partial charge in [0.15, 0.2) is 0 Å². The second-order valence-corrected chi connectivity index (χ2v) is 3.43. The van der Waals surface area contributed by atoms with Gasteiger partial charge in [0.2, 0.25) is 0 Å². The quantitative estimate of drug-likeness (QED) is 0.706. The van der Waals surface area contributed by atoms with Gasteiger partial charge in [0, 0.05) is 34.1 Å². The molecule has 76 valence electrons. The van der Waals surface area contributed by atoms with Crippen molar-refractivity contribution in [2.45, 2.75) is 24.8 Å². The van der Waals surface area contributed by atoms with Crippen molar-refractivity contribution in [3.63, 3.8) is 0 Å². The van der Waals surface area contributed by atoms with Crippen LogP contribution in [0.1, 0.15) is 26.2 Å². The third-order valence-electron chi connectivity index (χ3n) is 2.45. The van der Waals surface area contributed by atoms with Gasteiger partial charge >= 0.3 is 0 Å². The monoisotopic (exact) mass is 366 g/mol. The van der Waals surface area contributed by atoms with Crippen molar-refractivity contribution in [3.05, 3.63) is 23.8 Å². The predicted octanol–water partition coefficient (Wildman–Crippen LogP) is 1.47. The van der Waals surface area contributed by atoms with Crippen LogP contribution in [0.3, 0.4) is 0 Å². The van der Waals surface area contributed by atoms with Gasteiger partial charge in [-0.2, -0.15) is 0 Å². The molecular formula is C10H12O3W. The number of rotatable bonds is 1. The molecule has 0 atom stereocenters. The standard InChI is InChI=1S/C10H12O3.W/c11-7-2-3-8(9(12)6-7)10(13)4-1-5-10;/h2-3,6,11-13H,1,4-5H2;/i1T;. The molecule has 2 rings (SSSR count). The molecule has 0 bridgehead atoms. The Labute approximate surface area is 98.1 Å². The molecule has 3 nitrogen and oxygen atoms in total. The molecule has 0 heterocycles. The van der Waals surface area contributed by atoms with E-state index < -0.39 is 5.60 Å². The van der Waals surface area contributed by atoms with Crippen molar-refractivity contribution in [1.29, 1.82) is 0 Å². The molecule has 1 fully saturated rings. The van der Waals surface area contributed by atoms with E-state index in [-0.39, 0.29) is 39.0 Å². The van der Waals surface area contributed by atoms with E-state index in [1.807, 2.05) is 0 Å². The third kappa shape index (κ3) is 1.79. The average Bonchev–Trinajstić information content (AvgIpc) is 2.00. The zero-order chi connectivity index (χ0) is 10.3. The number of hydrogen-bond donors (Lipinski definition) is 3. The summed E-state index contributed by atoms with van der Waals surface area (Å²) in [5.41, 5.74) is -0.677. The van der Waals surface area contributed by atoms with Crippen LogP contribution in [0.5, 0.6) is 11.5 Å². The van der Waals surface area contributed by atoms with E-state index in [1.54, 1.807) is 0 Å². The van der Waals surface area contributed by atoms with Crippen LogP contribution in [0.15, 0.2) is 18.2 Å². The molecule has 0 unspecified atom stereocenters. The molecule has 1 aromatic carbocycles. The first-order chi connectivity index (χ1) is 6.51. The Balaban J connectivity index is 0.00000112. The molecular weight excluding hydrogens is 352 g/mol. The van der Waals surface area contributed by atoms with Gasteiger partial charge in [0.1, 0.15) is 11.5 Å². The maximum absolute atomic E-state index is 9.96. The molecule has 0 radical (unpaired) electrons. The average molecular weight is 366 g/mol. The summed E-state index contributed by atoms with van der Waals surface area (Å²) < 4.78 is 7.34. The van der Waals surface area contributed by atoms with Gasteiger partial charge in [-0.05, 0) is 31.4 Å². The zero-order valence-corrected chi connectivity index (χ0v) is 10.4. The molecule has 0 amide bonds. The molecule has 1 aromatic rings. The van der Waals surface area contributed by atoms with Crippen LogP contribution in [-0.2, 0) is 26.7 Å². The molecule has 0 aliphatic heterocycles. The Kier molecular flexibility index (Phi) is 2.80. The molecule has 3 N–H and O–H groups in total. The maximum Gasteiger partial charge on any atom is 0.125 e. The first kappa shape index (κ1) is 10.0. The van der Waals surface area contributed by atoms with Gasteiger partial charge in [-0.3, -0.25) is 0 Å². The van der Waals surface area contributed by atoms with Gasteiger partial charge in [0.05, 0.1) is 5.60 Å². The number of aromatic hydroxyl groups is 2. The zero-order valence-electron chi connectivity index (χ0n) is 8.47. The number of benzene rings is 1. The largest absolute Gasteiger partial charge is 0.508 e. The molecule has 0 saturated heterocycles. The molecule has 1 aliphatic carbocycles. The van der Waals surface area contributed by atoms with Crippen LogP contribution in [0.2, 0.25) is 0 Å². The van der Waals surface area contributed by atoms with E-state index in [4.69, 9.17) is 6.48 Å². The fourth-order valence-corrected chi connectivity index (χ4v) is 1.55. The molecule has 0 aromatic heterocycles. The molecule has 0 spiro atoms. The minimum atomic E-state index is -1.08. The number of aliphatic hydroxyl groups is 1. The first-order valence-electron chi connectivity index (χ1n) is 4.76. The van der Waals surface area contributed by atoms with E-state index in [0.717, 1.165) is 0 Å². The van der Waals surface area contributed by atoms with E-state index in [0.29, 0.717) is 18.4 Å². The molecule has 1 aliphatic rings. The van der Waals surface area contributed by atoms with Crippen LogP contribution in [0, 0.1) is 0 Å². The van der Waals surface area contributed by atoms with Gasteiger partial charge in [0.25, 0.3) is 0 Å². The van der Waals surface area contributed by atoms with Crippen molar-refractivity contribution >= 4 is 0 Å². The SMILES string of the molecule is [3H]C1CC(O)(c2ccc(O)cc2O)C1.[W]. The van der Waals surface area contributed by atoms with Crippen LogP contribution < -0.4 is 0 Å². The van der Waals surface area contributed by atoms with Gasteiger partial charge in [-0.15, -0.1) is 0 Å². The summed E-state index contributed by atoms with van der Waals surface area (Å²) in [6.07, 6.45) is 0.421. The van der Waals surface area contributed by atoms with Crippen molar-refractivity contribution in [3.8, 4) is 11.5 Å². The number of phenolic OH excluding ortho intramolecular Hbond substituents is 2. The second kappa shape index (κ2) is 3.91. The van der Waals surface area contributed by atoms with Gasteiger partial charge in [-0.25, -0.2) is 0 Å². The Morgan fingerprint density at radius 3 is 2.43 bits per heavy atom. The number of hydrogen-bond acceptors (Lipinski definition) is 3. The summed E-state index contributed by atoms with van der Waals surface area (Å²) in [4.78, 5) is 0. The Morgan fingerprint density at radius 2 is 1.93 bits per heavy atom. The van der Waals surface area contributed by atoms with Crippen molar-refractivity contribution in [2.75, 3.05) is 0 Å². The Hall–Kier alpha value is -0.532. The predicted molar refractivity (Wildman–Crippen MR) is 47.5 cm³/mol. The summed E-state index contributed by atoms with van der Waals surface area (Å²) in [7, 11) is 0. The Bertz CT molecular complexity index is 364. The third-order valence-corrected chi connectivity index (χ3v) is 2.45. The van der Waals surface area contributed by atoms with Crippen molar-refractivity contribution in [2.24, 2.45) is 0 Å². The van der Waals surface area contributed by atoms with Crippen LogP contribution in [0.25, 0.3) is 0 Å². The van der Waals surface area contributed by atoms with Gasteiger partial charge in [-0.1, -0.05) is 0 Å². The fourth-order valence-electron chi connectivity index (χ4n) is 1.55. The summed E-state index contributed by atoms with van der Waals surface area (Å²) in [6.45, 7) is 0. The molecule has 1 saturated carbocycles. The van der Waals surface area contributed by atoms with Crippen LogP contribution in [-0.4, -0.2) is 15.3 Å². The van der Waals surface area contributed by atoms with E-state index >= 15 is 0 Å². The van der Waals surface area contributed by atoms with Crippen molar-refractivity contribution < 1.29 is 37.8 Å². The van der Waals surface area contributed by atoms with E-state index in [2.05, 4.69) is 0 Å². The topological polar surface area (TPSA) is 60.7 Å².